The summed E-state index contributed by atoms with van der Waals surface area (Å²) in [6.45, 7) is 2.23. The molecule has 0 fully saturated rings. The van der Waals surface area contributed by atoms with Crippen molar-refractivity contribution in [1.29, 1.82) is 0 Å². The fraction of sp³-hybridized carbons (Fsp3) is 0.520. The average Bonchev–Trinajstić information content (AvgIpc) is 3.26. The zero-order chi connectivity index (χ0) is 22.3. The molecule has 6 heteroatoms. The first-order valence-corrected chi connectivity index (χ1v) is 11.6. The second-order valence-electron chi connectivity index (χ2n) is 8.30. The minimum absolute atomic E-state index is 0.0580. The lowest BCUT2D eigenvalue weighted by atomic mass is 9.88. The van der Waals surface area contributed by atoms with Crippen LogP contribution >= 0.6 is 0 Å². The van der Waals surface area contributed by atoms with Gasteiger partial charge in [0.1, 0.15) is 5.82 Å². The van der Waals surface area contributed by atoms with Crippen LogP contribution in [0.2, 0.25) is 0 Å². The van der Waals surface area contributed by atoms with E-state index in [1.807, 2.05) is 30.6 Å². The lowest BCUT2D eigenvalue weighted by Crippen LogP contribution is -2.20. The lowest BCUT2D eigenvalue weighted by Gasteiger charge is -2.21. The number of nitrogens with one attached hydrogen (secondary N) is 3. The van der Waals surface area contributed by atoms with E-state index >= 15 is 0 Å². The number of hydrogen-bond acceptors (Lipinski definition) is 3. The molecule has 2 rings (SSSR count). The maximum atomic E-state index is 11.4. The predicted octanol–water partition coefficient (Wildman–Crippen LogP) is 5.51. The van der Waals surface area contributed by atoms with Gasteiger partial charge in [-0.25, -0.2) is 4.79 Å². The number of unbranched alkanes of at least 4 members (excludes halogenated alkanes) is 5. The highest BCUT2D eigenvalue weighted by molar-refractivity contribution is 5.79. The molecular weight excluding hydrogens is 390 g/mol. The van der Waals surface area contributed by atoms with Crippen LogP contribution in [0.15, 0.2) is 53.6 Å². The van der Waals surface area contributed by atoms with Crippen molar-refractivity contribution in [3.63, 3.8) is 0 Å². The van der Waals surface area contributed by atoms with E-state index in [4.69, 9.17) is 5.11 Å². The van der Waals surface area contributed by atoms with Crippen LogP contribution in [0.4, 0.5) is 5.82 Å². The first-order chi connectivity index (χ1) is 15.1. The van der Waals surface area contributed by atoms with E-state index in [9.17, 15) is 9.59 Å². The van der Waals surface area contributed by atoms with Gasteiger partial charge in [-0.1, -0.05) is 64.0 Å². The monoisotopic (exact) mass is 427 g/mol. The minimum Gasteiger partial charge on any atom is -0.478 e. The van der Waals surface area contributed by atoms with Gasteiger partial charge >= 0.3 is 5.97 Å². The fourth-order valence-electron chi connectivity index (χ4n) is 3.91. The van der Waals surface area contributed by atoms with E-state index in [0.717, 1.165) is 37.1 Å². The number of carbonyl (C=O) groups is 1. The Bertz CT molecular complexity index is 806. The van der Waals surface area contributed by atoms with Crippen molar-refractivity contribution in [1.82, 2.24) is 9.97 Å². The molecule has 4 N–H and O–H groups in total. The fourth-order valence-corrected chi connectivity index (χ4v) is 3.91. The molecule has 6 nitrogen and oxygen atoms in total. The Labute approximate surface area is 185 Å². The number of rotatable bonds is 16. The summed E-state index contributed by atoms with van der Waals surface area (Å²) < 4.78 is 0. The number of aromatic nitrogens is 2. The Balaban J connectivity index is 1.95. The summed E-state index contributed by atoms with van der Waals surface area (Å²) in [6, 6.07) is 7.29. The van der Waals surface area contributed by atoms with Gasteiger partial charge in [0, 0.05) is 30.6 Å². The van der Waals surface area contributed by atoms with E-state index in [1.165, 1.54) is 44.6 Å². The highest BCUT2D eigenvalue weighted by Gasteiger charge is 2.14. The maximum absolute atomic E-state index is 11.4. The van der Waals surface area contributed by atoms with Crippen LogP contribution in [0.1, 0.15) is 70.3 Å². The molecule has 0 unspecified atom stereocenters. The molecule has 2 atom stereocenters. The van der Waals surface area contributed by atoms with Crippen LogP contribution in [0.25, 0.3) is 0 Å². The third-order valence-electron chi connectivity index (χ3n) is 5.63. The molecule has 2 aromatic rings. The molecule has 0 aliphatic heterocycles. The Morgan fingerprint density at radius 2 is 1.87 bits per heavy atom. The highest BCUT2D eigenvalue weighted by Crippen LogP contribution is 2.23. The van der Waals surface area contributed by atoms with Gasteiger partial charge in [-0.3, -0.25) is 4.79 Å². The number of pyridine rings is 1. The summed E-state index contributed by atoms with van der Waals surface area (Å²) in [6.07, 6.45) is 18.1. The second-order valence-corrected chi connectivity index (χ2v) is 8.30. The van der Waals surface area contributed by atoms with Crippen LogP contribution in [0.3, 0.4) is 0 Å². The van der Waals surface area contributed by atoms with Gasteiger partial charge in [-0.05, 0) is 42.9 Å². The smallest absolute Gasteiger partial charge is 0.328 e. The van der Waals surface area contributed by atoms with E-state index in [-0.39, 0.29) is 11.6 Å². The molecule has 0 aliphatic rings. The highest BCUT2D eigenvalue weighted by atomic mass is 16.4. The molecule has 31 heavy (non-hydrogen) atoms. The minimum atomic E-state index is -0.935. The van der Waals surface area contributed by atoms with Crippen LogP contribution in [0.5, 0.6) is 0 Å². The van der Waals surface area contributed by atoms with Gasteiger partial charge in [-0.15, -0.1) is 0 Å². The van der Waals surface area contributed by atoms with Crippen LogP contribution in [-0.2, 0) is 11.2 Å². The number of aromatic amines is 2. The summed E-state index contributed by atoms with van der Waals surface area (Å²) in [5.74, 6) is 0.437. The standard InChI is InChI=1S/C25H37N3O3/c1-2-3-4-5-6-7-9-20(18-21-12-15-24(29)27-19-21)11-13-22(14-16-25(30)31)28-23-10-8-17-26-23/h8,10,12,14-17,19-20,22,26,28H,2-7,9,11,13,18H2,1H3,(H,27,29)(H,30,31)/b16-14+/t20-,22-/m1/s1. The van der Waals surface area contributed by atoms with Crippen molar-refractivity contribution in [3.8, 4) is 0 Å². The third-order valence-corrected chi connectivity index (χ3v) is 5.63. The Kier molecular flexibility index (Phi) is 11.3. The number of carboxylic acids is 1. The number of carboxylic acid groups (broad SMARTS) is 1. The number of hydrogen-bond donors (Lipinski definition) is 4. The first-order valence-electron chi connectivity index (χ1n) is 11.6. The normalized spacial score (nSPS) is 13.3. The van der Waals surface area contributed by atoms with Crippen molar-refractivity contribution < 1.29 is 9.90 Å². The van der Waals surface area contributed by atoms with E-state index < -0.39 is 5.97 Å². The molecule has 2 aromatic heterocycles. The lowest BCUT2D eigenvalue weighted by molar-refractivity contribution is -0.131. The van der Waals surface area contributed by atoms with E-state index in [2.05, 4.69) is 22.2 Å². The maximum Gasteiger partial charge on any atom is 0.328 e. The van der Waals surface area contributed by atoms with Crippen molar-refractivity contribution in [2.45, 2.75) is 77.2 Å². The molecular formula is C25H37N3O3. The Hall–Kier alpha value is -2.76. The van der Waals surface area contributed by atoms with Crippen molar-refractivity contribution >= 4 is 11.8 Å². The van der Waals surface area contributed by atoms with Crippen molar-refractivity contribution in [2.75, 3.05) is 5.32 Å². The molecule has 0 aromatic carbocycles. The summed E-state index contributed by atoms with van der Waals surface area (Å²) >= 11 is 0. The average molecular weight is 428 g/mol. The summed E-state index contributed by atoms with van der Waals surface area (Å²) in [5.41, 5.74) is 1.07. The second kappa shape index (κ2) is 14.3. The zero-order valence-corrected chi connectivity index (χ0v) is 18.6. The van der Waals surface area contributed by atoms with Crippen molar-refractivity contribution in [3.05, 3.63) is 64.7 Å². The topological polar surface area (TPSA) is 98.0 Å². The quantitative estimate of drug-likeness (QED) is 0.210. The molecule has 0 saturated heterocycles. The van der Waals surface area contributed by atoms with Crippen LogP contribution in [-0.4, -0.2) is 27.1 Å². The van der Waals surface area contributed by atoms with Gasteiger partial charge in [0.15, 0.2) is 0 Å². The van der Waals surface area contributed by atoms with Gasteiger partial charge in [-0.2, -0.15) is 0 Å². The summed E-state index contributed by atoms with van der Waals surface area (Å²) in [5, 5.41) is 12.4. The molecule has 0 aliphatic carbocycles. The van der Waals surface area contributed by atoms with Crippen LogP contribution in [0, 0.1) is 5.92 Å². The van der Waals surface area contributed by atoms with Gasteiger partial charge in [0.2, 0.25) is 5.56 Å². The van der Waals surface area contributed by atoms with Gasteiger partial charge in [0.05, 0.1) is 0 Å². The SMILES string of the molecule is CCCCCCCC[C@H](CC[C@H](/C=C/C(=O)O)Nc1ccc[nH]1)Cc1ccc(=O)[nH]c1. The molecule has 0 radical (unpaired) electrons. The molecule has 2 heterocycles. The molecule has 0 spiro atoms. The van der Waals surface area contributed by atoms with Crippen molar-refractivity contribution in [2.24, 2.45) is 5.92 Å². The number of H-pyrrole nitrogens is 2. The first kappa shape index (κ1) is 24.5. The van der Waals surface area contributed by atoms with Crippen LogP contribution < -0.4 is 10.9 Å². The van der Waals surface area contributed by atoms with Gasteiger partial charge in [0.25, 0.3) is 0 Å². The largest absolute Gasteiger partial charge is 0.478 e. The number of anilines is 1. The van der Waals surface area contributed by atoms with E-state index in [0.29, 0.717) is 5.92 Å². The molecule has 0 saturated carbocycles. The molecule has 170 valence electrons. The summed E-state index contributed by atoms with van der Waals surface area (Å²) in [4.78, 5) is 28.3. The van der Waals surface area contributed by atoms with E-state index in [1.54, 1.807) is 12.1 Å². The zero-order valence-electron chi connectivity index (χ0n) is 18.6. The Morgan fingerprint density at radius 1 is 1.06 bits per heavy atom. The molecule has 0 amide bonds. The summed E-state index contributed by atoms with van der Waals surface area (Å²) in [7, 11) is 0. The Morgan fingerprint density at radius 3 is 2.55 bits per heavy atom. The van der Waals surface area contributed by atoms with Gasteiger partial charge < -0.3 is 20.4 Å². The molecule has 0 bridgehead atoms. The number of aliphatic carboxylic acids is 1. The predicted molar refractivity (Wildman–Crippen MR) is 126 cm³/mol. The third kappa shape index (κ3) is 10.7.